The second-order valence-electron chi connectivity index (χ2n) is 5.84. The predicted molar refractivity (Wildman–Crippen MR) is 105 cm³/mol. The van der Waals surface area contributed by atoms with Crippen molar-refractivity contribution in [3.8, 4) is 17.1 Å². The van der Waals surface area contributed by atoms with Crippen LogP contribution >= 0.6 is 11.3 Å². The Morgan fingerprint density at radius 1 is 1.38 bits per heavy atom. The summed E-state index contributed by atoms with van der Waals surface area (Å²) in [7, 11) is 1.65. The van der Waals surface area contributed by atoms with E-state index >= 15 is 0 Å². The number of rotatable bonds is 7. The van der Waals surface area contributed by atoms with Gasteiger partial charge in [-0.05, 0) is 30.7 Å². The van der Waals surface area contributed by atoms with E-state index in [0.717, 1.165) is 28.4 Å². The number of methoxy groups -OCH3 is 1. The quantitative estimate of drug-likeness (QED) is 0.645. The molecule has 1 N–H and O–H groups in total. The van der Waals surface area contributed by atoms with Gasteiger partial charge in [0.2, 0.25) is 0 Å². The van der Waals surface area contributed by atoms with Crippen LogP contribution in [0.5, 0.6) is 5.75 Å². The third-order valence-corrected chi connectivity index (χ3v) is 4.80. The number of amides is 1. The normalized spacial score (nSPS) is 10.5. The molecule has 2 aromatic heterocycles. The molecular weight excluding hydrogens is 346 g/mol. The molecule has 134 valence electrons. The van der Waals surface area contributed by atoms with Gasteiger partial charge in [0.05, 0.1) is 29.6 Å². The summed E-state index contributed by atoms with van der Waals surface area (Å²) in [6.07, 6.45) is 1.67. The van der Waals surface area contributed by atoms with Gasteiger partial charge in [0.25, 0.3) is 5.91 Å². The summed E-state index contributed by atoms with van der Waals surface area (Å²) >= 11 is 1.54. The molecule has 1 aromatic carbocycles. The highest BCUT2D eigenvalue weighted by molar-refractivity contribution is 7.07. The maximum absolute atomic E-state index is 12.5. The van der Waals surface area contributed by atoms with E-state index in [-0.39, 0.29) is 5.91 Å². The van der Waals surface area contributed by atoms with E-state index in [0.29, 0.717) is 18.7 Å². The first-order valence-corrected chi connectivity index (χ1v) is 9.19. The summed E-state index contributed by atoms with van der Waals surface area (Å²) in [6.45, 7) is 6.69. The Balaban J connectivity index is 1.99. The first-order chi connectivity index (χ1) is 12.6. The van der Waals surface area contributed by atoms with E-state index in [1.165, 1.54) is 11.3 Å². The van der Waals surface area contributed by atoms with Crippen molar-refractivity contribution in [3.05, 3.63) is 70.7 Å². The van der Waals surface area contributed by atoms with Crippen LogP contribution in [-0.4, -0.2) is 29.1 Å². The number of ether oxygens (including phenoxy) is 1. The van der Waals surface area contributed by atoms with Crippen molar-refractivity contribution in [3.63, 3.8) is 0 Å². The molecule has 0 spiro atoms. The van der Waals surface area contributed by atoms with Gasteiger partial charge in [0, 0.05) is 24.2 Å². The van der Waals surface area contributed by atoms with Crippen molar-refractivity contribution in [2.24, 2.45) is 0 Å². The van der Waals surface area contributed by atoms with Gasteiger partial charge < -0.3 is 14.6 Å². The number of thiazole rings is 1. The van der Waals surface area contributed by atoms with Crippen LogP contribution < -0.4 is 10.1 Å². The van der Waals surface area contributed by atoms with Gasteiger partial charge in [0.15, 0.2) is 0 Å². The lowest BCUT2D eigenvalue weighted by Crippen LogP contribution is -2.23. The average molecular weight is 367 g/mol. The summed E-state index contributed by atoms with van der Waals surface area (Å²) in [5, 5.41) is 4.84. The lowest BCUT2D eigenvalue weighted by atomic mass is 10.2. The first kappa shape index (κ1) is 17.9. The molecule has 0 aliphatic rings. The lowest BCUT2D eigenvalue weighted by Gasteiger charge is -2.12. The SMILES string of the molecule is C=CCNC(=O)c1cc(-c2cscn2)n(Cc2ccc(OC)cc2)c1C. The highest BCUT2D eigenvalue weighted by atomic mass is 32.1. The van der Waals surface area contributed by atoms with Crippen LogP contribution in [0.2, 0.25) is 0 Å². The van der Waals surface area contributed by atoms with Gasteiger partial charge in [-0.2, -0.15) is 0 Å². The molecule has 0 radical (unpaired) electrons. The number of benzene rings is 1. The van der Waals surface area contributed by atoms with Crippen molar-refractivity contribution < 1.29 is 9.53 Å². The van der Waals surface area contributed by atoms with Crippen molar-refractivity contribution in [2.45, 2.75) is 13.5 Å². The van der Waals surface area contributed by atoms with Crippen LogP contribution in [-0.2, 0) is 6.54 Å². The first-order valence-electron chi connectivity index (χ1n) is 8.24. The van der Waals surface area contributed by atoms with Crippen molar-refractivity contribution in [2.75, 3.05) is 13.7 Å². The Bertz CT molecular complexity index is 896. The molecule has 0 fully saturated rings. The fourth-order valence-electron chi connectivity index (χ4n) is 2.80. The van der Waals surface area contributed by atoms with E-state index in [9.17, 15) is 4.79 Å². The standard InChI is InChI=1S/C20H21N3O2S/c1-4-9-21-20(24)17-10-19(18-12-26-13-22-18)23(14(17)2)11-15-5-7-16(25-3)8-6-15/h4-8,10,12-13H,1,9,11H2,2-3H3,(H,21,24). The number of carbonyl (C=O) groups excluding carboxylic acids is 1. The molecule has 0 aliphatic heterocycles. The third-order valence-electron chi connectivity index (χ3n) is 4.21. The zero-order chi connectivity index (χ0) is 18.5. The number of hydrogen-bond donors (Lipinski definition) is 1. The minimum absolute atomic E-state index is 0.104. The molecule has 3 rings (SSSR count). The highest BCUT2D eigenvalue weighted by Gasteiger charge is 2.19. The van der Waals surface area contributed by atoms with Crippen molar-refractivity contribution in [1.82, 2.24) is 14.9 Å². The van der Waals surface area contributed by atoms with E-state index in [1.807, 2.05) is 42.6 Å². The average Bonchev–Trinajstić information content (AvgIpc) is 3.29. The Labute approximate surface area is 157 Å². The second-order valence-corrected chi connectivity index (χ2v) is 6.55. The molecule has 0 saturated carbocycles. The molecule has 0 atom stereocenters. The molecule has 1 amide bonds. The maximum atomic E-state index is 12.5. The smallest absolute Gasteiger partial charge is 0.253 e. The molecule has 0 bridgehead atoms. The zero-order valence-corrected chi connectivity index (χ0v) is 15.7. The molecule has 2 heterocycles. The van der Waals surface area contributed by atoms with Crippen LogP contribution in [0.4, 0.5) is 0 Å². The van der Waals surface area contributed by atoms with Gasteiger partial charge in [-0.3, -0.25) is 4.79 Å². The van der Waals surface area contributed by atoms with E-state index in [1.54, 1.807) is 18.7 Å². The zero-order valence-electron chi connectivity index (χ0n) is 14.9. The fraction of sp³-hybridized carbons (Fsp3) is 0.200. The molecule has 3 aromatic rings. The molecular formula is C20H21N3O2S. The van der Waals surface area contributed by atoms with Crippen LogP contribution in [0.25, 0.3) is 11.4 Å². The Hall–Kier alpha value is -2.86. The van der Waals surface area contributed by atoms with Crippen LogP contribution in [0.1, 0.15) is 21.6 Å². The van der Waals surface area contributed by atoms with Crippen LogP contribution in [0.15, 0.2) is 53.9 Å². The van der Waals surface area contributed by atoms with Crippen molar-refractivity contribution >= 4 is 17.2 Å². The highest BCUT2D eigenvalue weighted by Crippen LogP contribution is 2.27. The number of carbonyl (C=O) groups is 1. The third kappa shape index (κ3) is 3.70. The Morgan fingerprint density at radius 3 is 2.77 bits per heavy atom. The van der Waals surface area contributed by atoms with Gasteiger partial charge in [-0.25, -0.2) is 4.98 Å². The lowest BCUT2D eigenvalue weighted by molar-refractivity contribution is 0.0957. The monoisotopic (exact) mass is 367 g/mol. The van der Waals surface area contributed by atoms with Crippen LogP contribution in [0, 0.1) is 6.92 Å². The van der Waals surface area contributed by atoms with Gasteiger partial charge in [-0.15, -0.1) is 17.9 Å². The molecule has 0 unspecified atom stereocenters. The Morgan fingerprint density at radius 2 is 2.15 bits per heavy atom. The van der Waals surface area contributed by atoms with Gasteiger partial charge >= 0.3 is 0 Å². The Kier molecular flexibility index (Phi) is 5.53. The predicted octanol–water partition coefficient (Wildman–Crippen LogP) is 3.89. The number of hydrogen-bond acceptors (Lipinski definition) is 4. The second kappa shape index (κ2) is 8.01. The minimum Gasteiger partial charge on any atom is -0.497 e. The molecule has 0 saturated heterocycles. The van der Waals surface area contributed by atoms with Gasteiger partial charge in [0.1, 0.15) is 5.75 Å². The fourth-order valence-corrected chi connectivity index (χ4v) is 3.35. The summed E-state index contributed by atoms with van der Waals surface area (Å²) < 4.78 is 7.35. The topological polar surface area (TPSA) is 56.2 Å². The van der Waals surface area contributed by atoms with E-state index in [2.05, 4.69) is 21.4 Å². The number of nitrogens with zero attached hydrogens (tertiary/aromatic N) is 2. The maximum Gasteiger partial charge on any atom is 0.253 e. The van der Waals surface area contributed by atoms with E-state index < -0.39 is 0 Å². The molecule has 6 heteroatoms. The summed E-state index contributed by atoms with van der Waals surface area (Å²) in [5.74, 6) is 0.717. The molecule has 5 nitrogen and oxygen atoms in total. The summed E-state index contributed by atoms with van der Waals surface area (Å²) in [6, 6.07) is 9.84. The largest absolute Gasteiger partial charge is 0.497 e. The number of nitrogens with one attached hydrogen (secondary N) is 1. The van der Waals surface area contributed by atoms with Crippen LogP contribution in [0.3, 0.4) is 0 Å². The molecule has 0 aliphatic carbocycles. The minimum atomic E-state index is -0.104. The summed E-state index contributed by atoms with van der Waals surface area (Å²) in [5.41, 5.74) is 6.29. The number of aromatic nitrogens is 2. The molecule has 26 heavy (non-hydrogen) atoms. The van der Waals surface area contributed by atoms with Gasteiger partial charge in [-0.1, -0.05) is 18.2 Å². The van der Waals surface area contributed by atoms with Crippen molar-refractivity contribution in [1.29, 1.82) is 0 Å². The summed E-state index contributed by atoms with van der Waals surface area (Å²) in [4.78, 5) is 16.9. The van der Waals surface area contributed by atoms with E-state index in [4.69, 9.17) is 4.74 Å².